The Kier molecular flexibility index (Phi) is 3.91. The van der Waals surface area contributed by atoms with Crippen LogP contribution in [0.4, 0.5) is 11.4 Å². The average Bonchev–Trinajstić information content (AvgIpc) is 2.59. The Balaban J connectivity index is 2.27. The molecule has 0 aliphatic heterocycles. The number of hydrogen-bond donors (Lipinski definition) is 0. The minimum atomic E-state index is -0.457. The van der Waals surface area contributed by atoms with Crippen LogP contribution < -0.4 is 0 Å². The Hall–Kier alpha value is -3.35. The molecule has 0 spiro atoms. The minimum Gasteiger partial charge on any atom is -0.258 e. The van der Waals surface area contributed by atoms with Crippen LogP contribution in [0.25, 0.3) is 22.2 Å². The van der Waals surface area contributed by atoms with Gasteiger partial charge in [0, 0.05) is 23.6 Å². The number of para-hydroxylation sites is 1. The predicted molar refractivity (Wildman–Crippen MR) is 89.9 cm³/mol. The topological polar surface area (TPSA) is 99.2 Å². The molecule has 0 atom stereocenters. The van der Waals surface area contributed by atoms with E-state index < -0.39 is 9.85 Å². The molecule has 3 aromatic rings. The highest BCUT2D eigenvalue weighted by molar-refractivity contribution is 5.86. The van der Waals surface area contributed by atoms with Crippen LogP contribution in [0.1, 0.15) is 12.5 Å². The smallest absolute Gasteiger partial charge is 0.258 e. The van der Waals surface area contributed by atoms with E-state index in [1.54, 1.807) is 30.3 Å². The first-order valence-electron chi connectivity index (χ1n) is 7.33. The molecule has 0 bridgehead atoms. The van der Waals surface area contributed by atoms with Gasteiger partial charge in [0.25, 0.3) is 11.4 Å². The van der Waals surface area contributed by atoms with Crippen LogP contribution in [0.5, 0.6) is 0 Å². The minimum absolute atomic E-state index is 0.00945. The zero-order chi connectivity index (χ0) is 17.3. The molecule has 24 heavy (non-hydrogen) atoms. The molecule has 1 aromatic heterocycles. The van der Waals surface area contributed by atoms with Gasteiger partial charge < -0.3 is 0 Å². The average molecular weight is 323 g/mol. The fourth-order valence-electron chi connectivity index (χ4n) is 2.66. The maximum Gasteiger partial charge on any atom is 0.278 e. The molecule has 7 nitrogen and oxygen atoms in total. The van der Waals surface area contributed by atoms with Crippen LogP contribution >= 0.6 is 0 Å². The summed E-state index contributed by atoms with van der Waals surface area (Å²) in [6.07, 6.45) is 0.604. The summed E-state index contributed by atoms with van der Waals surface area (Å²) >= 11 is 0. The molecule has 0 aliphatic rings. The number of hydrogen-bond acceptors (Lipinski definition) is 5. The Morgan fingerprint density at radius 1 is 1.00 bits per heavy atom. The van der Waals surface area contributed by atoms with E-state index in [2.05, 4.69) is 4.98 Å². The summed E-state index contributed by atoms with van der Waals surface area (Å²) in [5.41, 5.74) is 2.32. The van der Waals surface area contributed by atoms with Gasteiger partial charge in [-0.25, -0.2) is 4.98 Å². The van der Waals surface area contributed by atoms with Crippen molar-refractivity contribution in [2.75, 3.05) is 0 Å². The van der Waals surface area contributed by atoms with Gasteiger partial charge in [-0.3, -0.25) is 20.2 Å². The van der Waals surface area contributed by atoms with Crippen LogP contribution in [-0.4, -0.2) is 14.8 Å². The molecule has 0 saturated heterocycles. The Morgan fingerprint density at radius 3 is 2.42 bits per heavy atom. The van der Waals surface area contributed by atoms with Crippen molar-refractivity contribution >= 4 is 22.3 Å². The van der Waals surface area contributed by atoms with Crippen molar-refractivity contribution in [1.29, 1.82) is 0 Å². The number of aromatic nitrogens is 1. The van der Waals surface area contributed by atoms with Crippen LogP contribution in [-0.2, 0) is 6.42 Å². The lowest BCUT2D eigenvalue weighted by Gasteiger charge is -2.10. The fraction of sp³-hybridized carbons (Fsp3) is 0.118. The summed E-state index contributed by atoms with van der Waals surface area (Å²) in [5.74, 6) is 0. The van der Waals surface area contributed by atoms with Crippen LogP contribution in [0.2, 0.25) is 0 Å². The lowest BCUT2D eigenvalue weighted by Crippen LogP contribution is -1.98. The third-order valence-corrected chi connectivity index (χ3v) is 3.82. The van der Waals surface area contributed by atoms with Gasteiger partial charge in [0.15, 0.2) is 0 Å². The normalized spacial score (nSPS) is 10.7. The van der Waals surface area contributed by atoms with Gasteiger partial charge in [0.05, 0.1) is 26.6 Å². The first-order valence-corrected chi connectivity index (χ1v) is 7.33. The summed E-state index contributed by atoms with van der Waals surface area (Å²) in [6, 6.07) is 12.6. The standard InChI is InChI=1S/C17H13N3O4/c1-2-11-9-12-10-13(19(21)22)7-8-15(12)18-17(11)14-5-3-4-6-16(14)20(23)24/h3-10H,2H2,1H3. The van der Waals surface area contributed by atoms with Gasteiger partial charge in [-0.2, -0.15) is 0 Å². The van der Waals surface area contributed by atoms with Crippen molar-refractivity contribution < 1.29 is 9.85 Å². The third kappa shape index (κ3) is 2.67. The lowest BCUT2D eigenvalue weighted by atomic mass is 10.00. The molecule has 0 aliphatic carbocycles. The van der Waals surface area contributed by atoms with Gasteiger partial charge in [-0.05, 0) is 30.2 Å². The highest BCUT2D eigenvalue weighted by atomic mass is 16.6. The number of nitro groups is 2. The zero-order valence-electron chi connectivity index (χ0n) is 12.8. The fourth-order valence-corrected chi connectivity index (χ4v) is 2.66. The molecule has 3 rings (SSSR count). The molecular formula is C17H13N3O4. The van der Waals surface area contributed by atoms with Crippen molar-refractivity contribution in [3.63, 3.8) is 0 Å². The van der Waals surface area contributed by atoms with E-state index in [9.17, 15) is 20.2 Å². The number of pyridine rings is 1. The highest BCUT2D eigenvalue weighted by Gasteiger charge is 2.19. The van der Waals surface area contributed by atoms with Crippen molar-refractivity contribution in [3.8, 4) is 11.3 Å². The summed E-state index contributed by atoms with van der Waals surface area (Å²) < 4.78 is 0. The number of nitrogens with zero attached hydrogens (tertiary/aromatic N) is 3. The SMILES string of the molecule is CCc1cc2cc([N+](=O)[O-])ccc2nc1-c1ccccc1[N+](=O)[O-]. The molecule has 0 saturated carbocycles. The summed E-state index contributed by atoms with van der Waals surface area (Å²) in [5, 5.41) is 22.8. The largest absolute Gasteiger partial charge is 0.278 e. The van der Waals surface area contributed by atoms with E-state index >= 15 is 0 Å². The second kappa shape index (κ2) is 6.04. The molecule has 0 unspecified atom stereocenters. The highest BCUT2D eigenvalue weighted by Crippen LogP contribution is 2.33. The monoisotopic (exact) mass is 323 g/mol. The Morgan fingerprint density at radius 2 is 1.75 bits per heavy atom. The first-order chi connectivity index (χ1) is 11.5. The molecule has 7 heteroatoms. The van der Waals surface area contributed by atoms with Gasteiger partial charge in [-0.1, -0.05) is 19.1 Å². The molecule has 2 aromatic carbocycles. The maximum absolute atomic E-state index is 11.3. The maximum atomic E-state index is 11.3. The molecule has 0 N–H and O–H groups in total. The molecular weight excluding hydrogens is 310 g/mol. The second-order valence-corrected chi connectivity index (χ2v) is 5.26. The van der Waals surface area contributed by atoms with Gasteiger partial charge in [-0.15, -0.1) is 0 Å². The van der Waals surface area contributed by atoms with E-state index in [1.165, 1.54) is 18.2 Å². The number of non-ortho nitro benzene ring substituents is 1. The van der Waals surface area contributed by atoms with E-state index in [0.29, 0.717) is 28.6 Å². The summed E-state index contributed by atoms with van der Waals surface area (Å²) in [6.45, 7) is 1.92. The van der Waals surface area contributed by atoms with E-state index in [4.69, 9.17) is 0 Å². The quantitative estimate of drug-likeness (QED) is 0.527. The van der Waals surface area contributed by atoms with Crippen LogP contribution in [0, 0.1) is 20.2 Å². The van der Waals surface area contributed by atoms with Gasteiger partial charge >= 0.3 is 0 Å². The van der Waals surface area contributed by atoms with E-state index in [-0.39, 0.29) is 11.4 Å². The lowest BCUT2D eigenvalue weighted by molar-refractivity contribution is -0.384. The second-order valence-electron chi connectivity index (χ2n) is 5.26. The number of rotatable bonds is 4. The summed E-state index contributed by atoms with van der Waals surface area (Å²) in [7, 11) is 0. The Labute approximate surface area is 136 Å². The van der Waals surface area contributed by atoms with Crippen molar-refractivity contribution in [1.82, 2.24) is 4.98 Å². The van der Waals surface area contributed by atoms with E-state index in [1.807, 2.05) is 6.92 Å². The molecule has 1 heterocycles. The number of fused-ring (bicyclic) bond motifs is 1. The van der Waals surface area contributed by atoms with Crippen LogP contribution in [0.3, 0.4) is 0 Å². The molecule has 0 radical (unpaired) electrons. The molecule has 120 valence electrons. The third-order valence-electron chi connectivity index (χ3n) is 3.82. The molecule has 0 fully saturated rings. The van der Waals surface area contributed by atoms with Gasteiger partial charge in [0.1, 0.15) is 0 Å². The van der Waals surface area contributed by atoms with Crippen molar-refractivity contribution in [2.24, 2.45) is 0 Å². The number of aryl methyl sites for hydroxylation is 1. The number of benzene rings is 2. The number of nitro benzene ring substituents is 2. The Bertz CT molecular complexity index is 969. The first kappa shape index (κ1) is 15.5. The van der Waals surface area contributed by atoms with Crippen molar-refractivity contribution in [2.45, 2.75) is 13.3 Å². The predicted octanol–water partition coefficient (Wildman–Crippen LogP) is 4.28. The van der Waals surface area contributed by atoms with Crippen LogP contribution in [0.15, 0.2) is 48.5 Å². The zero-order valence-corrected chi connectivity index (χ0v) is 12.8. The van der Waals surface area contributed by atoms with E-state index in [0.717, 1.165) is 5.56 Å². The molecule has 0 amide bonds. The van der Waals surface area contributed by atoms with Crippen molar-refractivity contribution in [3.05, 3.63) is 74.3 Å². The summed E-state index contributed by atoms with van der Waals surface area (Å²) in [4.78, 5) is 25.8. The van der Waals surface area contributed by atoms with Gasteiger partial charge in [0.2, 0.25) is 0 Å².